The van der Waals surface area contributed by atoms with E-state index < -0.39 is 5.97 Å². The largest absolute Gasteiger partial charge is 0.506 e. The lowest BCUT2D eigenvalue weighted by Gasteiger charge is -2.10. The molecule has 4 nitrogen and oxygen atoms in total. The van der Waals surface area contributed by atoms with E-state index in [0.29, 0.717) is 10.0 Å². The quantitative estimate of drug-likeness (QED) is 0.374. The topological polar surface area (TPSA) is 58.9 Å². The molecule has 1 aromatic carbocycles. The van der Waals surface area contributed by atoms with E-state index in [1.165, 1.54) is 12.3 Å². The average molecular weight is 342 g/mol. The van der Waals surface area contributed by atoms with Gasteiger partial charge in [0, 0.05) is 16.8 Å². The van der Waals surface area contributed by atoms with Crippen LogP contribution in [0.1, 0.15) is 30.9 Å². The Hall–Kier alpha value is -1.52. The molecule has 1 fully saturated rings. The van der Waals surface area contributed by atoms with Crippen molar-refractivity contribution in [2.45, 2.75) is 32.7 Å². The molecule has 0 aromatic heterocycles. The first-order valence-electron chi connectivity index (χ1n) is 7.03. The van der Waals surface area contributed by atoms with Crippen LogP contribution in [0, 0.1) is 6.92 Å². The van der Waals surface area contributed by atoms with E-state index in [0.717, 1.165) is 18.4 Å². The number of benzene rings is 1. The molecule has 0 radical (unpaired) electrons. The molecule has 0 aliphatic heterocycles. The van der Waals surface area contributed by atoms with E-state index in [-0.39, 0.29) is 29.5 Å². The second-order valence-electron chi connectivity index (χ2n) is 5.07. The fourth-order valence-electron chi connectivity index (χ4n) is 1.80. The maximum Gasteiger partial charge on any atom is 0.343 e. The summed E-state index contributed by atoms with van der Waals surface area (Å²) in [6.07, 6.45) is 3.34. The lowest BCUT2D eigenvalue weighted by molar-refractivity contribution is -0.137. The van der Waals surface area contributed by atoms with Gasteiger partial charge in [0.2, 0.25) is 0 Å². The number of carbonyl (C=O) groups is 1. The van der Waals surface area contributed by atoms with E-state index in [2.05, 4.69) is 4.99 Å². The molecule has 0 amide bonds. The van der Waals surface area contributed by atoms with Gasteiger partial charge in [0.25, 0.3) is 0 Å². The molecule has 0 unspecified atom stereocenters. The van der Waals surface area contributed by atoms with Gasteiger partial charge in [-0.05, 0) is 44.4 Å². The van der Waals surface area contributed by atoms with Crippen LogP contribution in [-0.4, -0.2) is 29.9 Å². The van der Waals surface area contributed by atoms with Crippen LogP contribution in [-0.2, 0) is 9.53 Å². The van der Waals surface area contributed by atoms with E-state index in [1.807, 2.05) is 0 Å². The Labute approximate surface area is 139 Å². The summed E-state index contributed by atoms with van der Waals surface area (Å²) >= 11 is 12.2. The van der Waals surface area contributed by atoms with Crippen molar-refractivity contribution >= 4 is 41.1 Å². The van der Waals surface area contributed by atoms with Gasteiger partial charge >= 0.3 is 5.97 Å². The maximum absolute atomic E-state index is 12.0. The molecule has 1 aliphatic rings. The lowest BCUT2D eigenvalue weighted by atomic mass is 10.1. The number of aliphatic hydroxyl groups is 1. The Morgan fingerprint density at radius 1 is 1.41 bits per heavy atom. The molecule has 0 bridgehead atoms. The van der Waals surface area contributed by atoms with E-state index >= 15 is 0 Å². The van der Waals surface area contributed by atoms with Gasteiger partial charge in [-0.25, -0.2) is 4.79 Å². The van der Waals surface area contributed by atoms with Gasteiger partial charge in [0.15, 0.2) is 0 Å². The number of aliphatic hydroxyl groups excluding tert-OH is 1. The summed E-state index contributed by atoms with van der Waals surface area (Å²) in [4.78, 5) is 16.3. The van der Waals surface area contributed by atoms with Gasteiger partial charge in [-0.3, -0.25) is 4.99 Å². The van der Waals surface area contributed by atoms with Crippen LogP contribution in [0.4, 0.5) is 0 Å². The van der Waals surface area contributed by atoms with Crippen LogP contribution in [0.25, 0.3) is 5.76 Å². The number of hydrogen-bond acceptors (Lipinski definition) is 4. The summed E-state index contributed by atoms with van der Waals surface area (Å²) < 4.78 is 4.97. The van der Waals surface area contributed by atoms with Crippen LogP contribution in [0.5, 0.6) is 0 Å². The van der Waals surface area contributed by atoms with Crippen molar-refractivity contribution in [3.8, 4) is 0 Å². The van der Waals surface area contributed by atoms with Gasteiger partial charge in [-0.2, -0.15) is 0 Å². The number of ether oxygens (including phenoxy) is 1. The highest BCUT2D eigenvalue weighted by molar-refractivity contribution is 6.35. The van der Waals surface area contributed by atoms with Gasteiger partial charge in [-0.1, -0.05) is 23.2 Å². The predicted octanol–water partition coefficient (Wildman–Crippen LogP) is 4.37. The normalized spacial score (nSPS) is 15.8. The number of halogens is 2. The zero-order valence-electron chi connectivity index (χ0n) is 12.4. The first-order chi connectivity index (χ1) is 10.4. The summed E-state index contributed by atoms with van der Waals surface area (Å²) in [6.45, 7) is 3.70. The highest BCUT2D eigenvalue weighted by Crippen LogP contribution is 2.30. The lowest BCUT2D eigenvalue weighted by Crippen LogP contribution is -2.12. The zero-order chi connectivity index (χ0) is 16.3. The summed E-state index contributed by atoms with van der Waals surface area (Å²) in [5.74, 6) is -0.924. The van der Waals surface area contributed by atoms with Crippen molar-refractivity contribution < 1.29 is 14.6 Å². The summed E-state index contributed by atoms with van der Waals surface area (Å²) in [5.41, 5.74) is 1.05. The molecule has 1 saturated carbocycles. The monoisotopic (exact) mass is 341 g/mol. The minimum absolute atomic E-state index is 0.0180. The number of hydrogen-bond donors (Lipinski definition) is 1. The summed E-state index contributed by atoms with van der Waals surface area (Å²) in [7, 11) is 0. The molecule has 6 heteroatoms. The fourth-order valence-corrected chi connectivity index (χ4v) is 2.27. The van der Waals surface area contributed by atoms with E-state index in [4.69, 9.17) is 27.9 Å². The van der Waals surface area contributed by atoms with Gasteiger partial charge in [0.1, 0.15) is 11.3 Å². The van der Waals surface area contributed by atoms with Crippen LogP contribution < -0.4 is 0 Å². The van der Waals surface area contributed by atoms with Crippen molar-refractivity contribution in [2.24, 2.45) is 4.99 Å². The van der Waals surface area contributed by atoms with Crippen molar-refractivity contribution in [2.75, 3.05) is 6.61 Å². The molecule has 1 N–H and O–H groups in total. The Kier molecular flexibility index (Phi) is 5.48. The SMILES string of the molecule is CCOC(=O)C(C=NC1CC1)=C(O)c1cc(Cl)c(C)cc1Cl. The van der Waals surface area contributed by atoms with Gasteiger partial charge in [0.05, 0.1) is 17.7 Å². The Morgan fingerprint density at radius 3 is 2.68 bits per heavy atom. The van der Waals surface area contributed by atoms with Crippen LogP contribution in [0.2, 0.25) is 10.0 Å². The third-order valence-corrected chi connectivity index (χ3v) is 3.94. The Bertz CT molecular complexity index is 649. The summed E-state index contributed by atoms with van der Waals surface area (Å²) in [6, 6.07) is 3.38. The molecular weight excluding hydrogens is 325 g/mol. The Balaban J connectivity index is 2.47. The molecule has 2 rings (SSSR count). The molecule has 0 atom stereocenters. The van der Waals surface area contributed by atoms with Crippen molar-refractivity contribution in [1.82, 2.24) is 0 Å². The van der Waals surface area contributed by atoms with Crippen LogP contribution in [0.15, 0.2) is 22.7 Å². The highest BCUT2D eigenvalue weighted by Gasteiger charge is 2.22. The molecule has 118 valence electrons. The first kappa shape index (κ1) is 16.8. The molecule has 0 spiro atoms. The first-order valence-corrected chi connectivity index (χ1v) is 7.79. The number of esters is 1. The maximum atomic E-state index is 12.0. The third-order valence-electron chi connectivity index (χ3n) is 3.22. The number of nitrogens with zero attached hydrogens (tertiary/aromatic N) is 1. The zero-order valence-corrected chi connectivity index (χ0v) is 13.9. The van der Waals surface area contributed by atoms with E-state index in [9.17, 15) is 9.90 Å². The average Bonchev–Trinajstić information content (AvgIpc) is 3.27. The molecular formula is C16H17Cl2NO3. The molecule has 1 aromatic rings. The second kappa shape index (κ2) is 7.16. The number of aliphatic imine (C=N–C) groups is 1. The van der Waals surface area contributed by atoms with Crippen LogP contribution >= 0.6 is 23.2 Å². The predicted molar refractivity (Wildman–Crippen MR) is 88.9 cm³/mol. The highest BCUT2D eigenvalue weighted by atomic mass is 35.5. The van der Waals surface area contributed by atoms with Gasteiger partial charge in [-0.15, -0.1) is 0 Å². The van der Waals surface area contributed by atoms with E-state index in [1.54, 1.807) is 19.9 Å². The number of carbonyl (C=O) groups excluding carboxylic acids is 1. The van der Waals surface area contributed by atoms with Crippen molar-refractivity contribution in [3.05, 3.63) is 38.9 Å². The molecule has 0 heterocycles. The number of aryl methyl sites for hydroxylation is 1. The Morgan fingerprint density at radius 2 is 2.09 bits per heavy atom. The second-order valence-corrected chi connectivity index (χ2v) is 5.89. The van der Waals surface area contributed by atoms with Gasteiger partial charge < -0.3 is 9.84 Å². The van der Waals surface area contributed by atoms with Crippen molar-refractivity contribution in [1.29, 1.82) is 0 Å². The minimum Gasteiger partial charge on any atom is -0.506 e. The summed E-state index contributed by atoms with van der Waals surface area (Å²) in [5, 5.41) is 11.2. The molecule has 0 saturated heterocycles. The smallest absolute Gasteiger partial charge is 0.343 e. The number of rotatable bonds is 5. The fraction of sp³-hybridized carbons (Fsp3) is 0.375. The molecule has 22 heavy (non-hydrogen) atoms. The molecule has 1 aliphatic carbocycles. The van der Waals surface area contributed by atoms with Crippen molar-refractivity contribution in [3.63, 3.8) is 0 Å². The minimum atomic E-state index is -0.642. The van der Waals surface area contributed by atoms with Crippen LogP contribution in [0.3, 0.4) is 0 Å². The third kappa shape index (κ3) is 4.02. The standard InChI is InChI=1S/C16H17Cl2NO3/c1-3-22-16(21)12(8-19-10-4-5-10)15(20)11-7-13(17)9(2)6-14(11)18/h6-8,10,20H,3-5H2,1-2H3.